The van der Waals surface area contributed by atoms with E-state index in [2.05, 4.69) is 27.9 Å². The maximum absolute atomic E-state index is 12.0. The third-order valence-corrected chi connectivity index (χ3v) is 4.27. The molecular weight excluding hydrogens is 365 g/mol. The summed E-state index contributed by atoms with van der Waals surface area (Å²) in [6, 6.07) is 5.00. The van der Waals surface area contributed by atoms with Crippen molar-refractivity contribution in [1.82, 2.24) is 5.32 Å². The van der Waals surface area contributed by atoms with E-state index in [0.29, 0.717) is 18.0 Å². The van der Waals surface area contributed by atoms with Gasteiger partial charge in [0.1, 0.15) is 5.75 Å². The molecule has 0 saturated heterocycles. The Hall–Kier alpha value is -0.490. The number of hydrogen-bond donors (Lipinski definition) is 2. The molecule has 98 valence electrons. The average Bonchev–Trinajstić information content (AvgIpc) is 3.10. The summed E-state index contributed by atoms with van der Waals surface area (Å²) in [5.74, 6) is 0.437. The number of carbonyl (C=O) groups excluding carboxylic acids is 1. The SMILES string of the molecule is O=C(NCC1(CCCl)CC1)c1cc(I)ccc1O. The summed E-state index contributed by atoms with van der Waals surface area (Å²) in [5.41, 5.74) is 0.540. The molecule has 0 bridgehead atoms. The summed E-state index contributed by atoms with van der Waals surface area (Å²) in [6.07, 6.45) is 3.18. The fraction of sp³-hybridized carbons (Fsp3) is 0.462. The van der Waals surface area contributed by atoms with Crippen LogP contribution < -0.4 is 5.32 Å². The van der Waals surface area contributed by atoms with Crippen molar-refractivity contribution in [2.75, 3.05) is 12.4 Å². The van der Waals surface area contributed by atoms with Gasteiger partial charge in [-0.25, -0.2) is 0 Å². The molecule has 0 radical (unpaired) electrons. The number of amides is 1. The molecule has 1 aliphatic rings. The zero-order chi connectivity index (χ0) is 13.2. The van der Waals surface area contributed by atoms with Gasteiger partial charge in [-0.2, -0.15) is 0 Å². The first kappa shape index (κ1) is 13.9. The number of halogens is 2. The summed E-state index contributed by atoms with van der Waals surface area (Å²) < 4.78 is 0.928. The van der Waals surface area contributed by atoms with E-state index in [1.807, 2.05) is 0 Å². The molecule has 1 aliphatic carbocycles. The minimum Gasteiger partial charge on any atom is -0.507 e. The van der Waals surface area contributed by atoms with Gasteiger partial charge < -0.3 is 10.4 Å². The fourth-order valence-corrected chi connectivity index (χ4v) is 2.84. The predicted molar refractivity (Wildman–Crippen MR) is 80.2 cm³/mol. The number of nitrogens with one attached hydrogen (secondary N) is 1. The van der Waals surface area contributed by atoms with Gasteiger partial charge in [-0.1, -0.05) is 0 Å². The van der Waals surface area contributed by atoms with Gasteiger partial charge in [0.15, 0.2) is 0 Å². The zero-order valence-corrected chi connectivity index (χ0v) is 12.8. The molecule has 0 atom stereocenters. The van der Waals surface area contributed by atoms with E-state index in [4.69, 9.17) is 11.6 Å². The predicted octanol–water partition coefficient (Wildman–Crippen LogP) is 3.14. The van der Waals surface area contributed by atoms with E-state index >= 15 is 0 Å². The minimum atomic E-state index is -0.216. The molecule has 0 unspecified atom stereocenters. The minimum absolute atomic E-state index is 0.0232. The number of benzene rings is 1. The number of alkyl halides is 1. The highest BCUT2D eigenvalue weighted by Gasteiger charge is 2.41. The summed E-state index contributed by atoms with van der Waals surface area (Å²) in [5, 5.41) is 12.6. The molecule has 1 aromatic rings. The molecule has 2 N–H and O–H groups in total. The average molecular weight is 380 g/mol. The number of phenolic OH excluding ortho intramolecular Hbond substituents is 1. The second-order valence-electron chi connectivity index (χ2n) is 4.78. The lowest BCUT2D eigenvalue weighted by Crippen LogP contribution is -2.30. The molecule has 3 nitrogen and oxygen atoms in total. The summed E-state index contributed by atoms with van der Waals surface area (Å²) in [4.78, 5) is 12.0. The van der Waals surface area contributed by atoms with Crippen LogP contribution in [0, 0.1) is 8.99 Å². The van der Waals surface area contributed by atoms with Crippen molar-refractivity contribution in [1.29, 1.82) is 0 Å². The van der Waals surface area contributed by atoms with E-state index in [0.717, 1.165) is 22.8 Å². The Kier molecular flexibility index (Phi) is 4.37. The van der Waals surface area contributed by atoms with Crippen LogP contribution in [0.4, 0.5) is 0 Å². The van der Waals surface area contributed by atoms with Gasteiger partial charge in [-0.05, 0) is 65.5 Å². The molecule has 1 amide bonds. The Morgan fingerprint density at radius 2 is 2.22 bits per heavy atom. The number of rotatable bonds is 5. The van der Waals surface area contributed by atoms with Gasteiger partial charge in [0.2, 0.25) is 0 Å². The van der Waals surface area contributed by atoms with Crippen LogP contribution in [-0.4, -0.2) is 23.4 Å². The number of phenols is 1. The monoisotopic (exact) mass is 379 g/mol. The lowest BCUT2D eigenvalue weighted by Gasteiger charge is -2.14. The molecule has 0 aliphatic heterocycles. The summed E-state index contributed by atoms with van der Waals surface area (Å²) in [6.45, 7) is 0.642. The van der Waals surface area contributed by atoms with Crippen molar-refractivity contribution in [3.05, 3.63) is 27.3 Å². The van der Waals surface area contributed by atoms with Crippen molar-refractivity contribution in [3.8, 4) is 5.75 Å². The molecule has 18 heavy (non-hydrogen) atoms. The highest BCUT2D eigenvalue weighted by molar-refractivity contribution is 14.1. The smallest absolute Gasteiger partial charge is 0.255 e. The van der Waals surface area contributed by atoms with E-state index in [-0.39, 0.29) is 17.1 Å². The second-order valence-corrected chi connectivity index (χ2v) is 6.41. The van der Waals surface area contributed by atoms with Gasteiger partial charge in [-0.15, -0.1) is 11.6 Å². The first-order valence-corrected chi connectivity index (χ1v) is 7.50. The fourth-order valence-electron chi connectivity index (χ4n) is 1.95. The highest BCUT2D eigenvalue weighted by atomic mass is 127. The maximum Gasteiger partial charge on any atom is 0.255 e. The number of aromatic hydroxyl groups is 1. The Balaban J connectivity index is 1.98. The Morgan fingerprint density at radius 3 is 2.83 bits per heavy atom. The van der Waals surface area contributed by atoms with Crippen molar-refractivity contribution >= 4 is 40.1 Å². The van der Waals surface area contributed by atoms with E-state index in [1.54, 1.807) is 18.2 Å². The van der Waals surface area contributed by atoms with Gasteiger partial charge in [-0.3, -0.25) is 4.79 Å². The van der Waals surface area contributed by atoms with Crippen molar-refractivity contribution in [2.45, 2.75) is 19.3 Å². The van der Waals surface area contributed by atoms with Crippen molar-refractivity contribution in [2.24, 2.45) is 5.41 Å². The van der Waals surface area contributed by atoms with Crippen LogP contribution in [0.15, 0.2) is 18.2 Å². The third-order valence-electron chi connectivity index (χ3n) is 3.41. The molecule has 5 heteroatoms. The first-order chi connectivity index (χ1) is 8.56. The van der Waals surface area contributed by atoms with Gasteiger partial charge in [0.05, 0.1) is 5.56 Å². The van der Waals surface area contributed by atoms with Crippen molar-refractivity contribution in [3.63, 3.8) is 0 Å². The topological polar surface area (TPSA) is 49.3 Å². The van der Waals surface area contributed by atoms with Crippen molar-refractivity contribution < 1.29 is 9.90 Å². The molecule has 1 saturated carbocycles. The quantitative estimate of drug-likeness (QED) is 0.610. The Bertz CT molecular complexity index is 460. The largest absolute Gasteiger partial charge is 0.507 e. The Morgan fingerprint density at radius 1 is 1.50 bits per heavy atom. The highest BCUT2D eigenvalue weighted by Crippen LogP contribution is 2.48. The molecule has 1 fully saturated rings. The van der Waals surface area contributed by atoms with Crippen LogP contribution in [0.2, 0.25) is 0 Å². The van der Waals surface area contributed by atoms with Crippen LogP contribution in [0.3, 0.4) is 0 Å². The standard InChI is InChI=1S/C13H15ClINO2/c14-6-5-13(3-4-13)8-16-12(18)10-7-9(15)1-2-11(10)17/h1-2,7,17H,3-6,8H2,(H,16,18). The zero-order valence-electron chi connectivity index (χ0n) is 9.88. The maximum atomic E-state index is 12.0. The summed E-state index contributed by atoms with van der Waals surface area (Å²) >= 11 is 7.87. The Labute approximate surface area is 125 Å². The molecule has 0 aromatic heterocycles. The van der Waals surface area contributed by atoms with Gasteiger partial charge in [0, 0.05) is 16.0 Å². The molecule has 0 heterocycles. The van der Waals surface area contributed by atoms with Gasteiger partial charge >= 0.3 is 0 Å². The number of carbonyl (C=O) groups is 1. The normalized spacial score (nSPS) is 16.3. The number of hydrogen-bond acceptors (Lipinski definition) is 2. The third kappa shape index (κ3) is 3.29. The lowest BCUT2D eigenvalue weighted by molar-refractivity contribution is 0.0941. The molecule has 2 rings (SSSR count). The van der Waals surface area contributed by atoms with E-state index < -0.39 is 0 Å². The van der Waals surface area contributed by atoms with E-state index in [9.17, 15) is 9.90 Å². The van der Waals surface area contributed by atoms with Crippen LogP contribution in [0.1, 0.15) is 29.6 Å². The summed E-state index contributed by atoms with van der Waals surface area (Å²) in [7, 11) is 0. The van der Waals surface area contributed by atoms with Crippen LogP contribution in [-0.2, 0) is 0 Å². The van der Waals surface area contributed by atoms with Crippen LogP contribution >= 0.6 is 34.2 Å². The molecular formula is C13H15ClINO2. The van der Waals surface area contributed by atoms with Crippen LogP contribution in [0.5, 0.6) is 5.75 Å². The van der Waals surface area contributed by atoms with Gasteiger partial charge in [0.25, 0.3) is 5.91 Å². The van der Waals surface area contributed by atoms with E-state index in [1.165, 1.54) is 0 Å². The molecule has 0 spiro atoms. The first-order valence-electron chi connectivity index (χ1n) is 5.89. The second kappa shape index (κ2) is 5.65. The lowest BCUT2D eigenvalue weighted by atomic mass is 10.0. The van der Waals surface area contributed by atoms with Crippen LogP contribution in [0.25, 0.3) is 0 Å². The molecule has 1 aromatic carbocycles.